The lowest BCUT2D eigenvalue weighted by Crippen LogP contribution is -2.50. The number of rotatable bonds is 5. The van der Waals surface area contributed by atoms with Crippen molar-refractivity contribution in [3.05, 3.63) is 41.2 Å². The van der Waals surface area contributed by atoms with Crippen molar-refractivity contribution in [1.29, 1.82) is 0 Å². The summed E-state index contributed by atoms with van der Waals surface area (Å²) in [6.07, 6.45) is 6.61. The van der Waals surface area contributed by atoms with E-state index in [1.165, 1.54) is 10.9 Å². The molecule has 156 valence electrons. The van der Waals surface area contributed by atoms with Crippen LogP contribution in [0.25, 0.3) is 5.69 Å². The SMILES string of the molecule is O=C(c1cn(-c2ccccc2Cl)nn1)N1CCCC(S(=O)(=O)NC2CCCC2)C1. The van der Waals surface area contributed by atoms with Gasteiger partial charge in [0, 0.05) is 19.1 Å². The Kier molecular flexibility index (Phi) is 5.89. The molecule has 10 heteroatoms. The molecule has 1 N–H and O–H groups in total. The molecule has 1 unspecified atom stereocenters. The molecule has 0 radical (unpaired) electrons. The lowest BCUT2D eigenvalue weighted by atomic mass is 10.1. The summed E-state index contributed by atoms with van der Waals surface area (Å²) >= 11 is 6.18. The van der Waals surface area contributed by atoms with Crippen molar-refractivity contribution >= 4 is 27.5 Å². The maximum absolute atomic E-state index is 12.9. The van der Waals surface area contributed by atoms with Gasteiger partial charge in [-0.2, -0.15) is 0 Å². The van der Waals surface area contributed by atoms with E-state index in [4.69, 9.17) is 11.6 Å². The van der Waals surface area contributed by atoms with Gasteiger partial charge in [0.2, 0.25) is 10.0 Å². The lowest BCUT2D eigenvalue weighted by Gasteiger charge is -2.32. The number of para-hydroxylation sites is 1. The topological polar surface area (TPSA) is 97.2 Å². The third-order valence-corrected chi connectivity index (χ3v) is 7.85. The molecule has 8 nitrogen and oxygen atoms in total. The van der Waals surface area contributed by atoms with E-state index in [-0.39, 0.29) is 24.2 Å². The van der Waals surface area contributed by atoms with Crippen molar-refractivity contribution in [3.8, 4) is 5.69 Å². The molecule has 2 fully saturated rings. The summed E-state index contributed by atoms with van der Waals surface area (Å²) in [5.74, 6) is -0.316. The molecule has 1 atom stereocenters. The molecule has 2 heterocycles. The molecule has 2 aliphatic rings. The highest BCUT2D eigenvalue weighted by molar-refractivity contribution is 7.90. The average Bonchev–Trinajstić information content (AvgIpc) is 3.40. The summed E-state index contributed by atoms with van der Waals surface area (Å²) < 4.78 is 29.9. The Balaban J connectivity index is 1.46. The fraction of sp³-hybridized carbons (Fsp3) is 0.526. The highest BCUT2D eigenvalue weighted by Crippen LogP contribution is 2.23. The summed E-state index contributed by atoms with van der Waals surface area (Å²) in [5, 5.41) is 7.88. The normalized spacial score (nSPS) is 20.9. The number of halogens is 1. The minimum atomic E-state index is -3.46. The molecule has 29 heavy (non-hydrogen) atoms. The van der Waals surface area contributed by atoms with E-state index in [2.05, 4.69) is 15.0 Å². The minimum Gasteiger partial charge on any atom is -0.336 e. The average molecular weight is 438 g/mol. The van der Waals surface area contributed by atoms with Gasteiger partial charge in [-0.25, -0.2) is 17.8 Å². The Morgan fingerprint density at radius 2 is 1.90 bits per heavy atom. The zero-order valence-electron chi connectivity index (χ0n) is 16.0. The predicted octanol–water partition coefficient (Wildman–Crippen LogP) is 2.39. The molecular weight excluding hydrogens is 414 g/mol. The summed E-state index contributed by atoms with van der Waals surface area (Å²) in [6, 6.07) is 7.17. The van der Waals surface area contributed by atoms with Crippen molar-refractivity contribution in [2.75, 3.05) is 13.1 Å². The predicted molar refractivity (Wildman–Crippen MR) is 110 cm³/mol. The van der Waals surface area contributed by atoms with Gasteiger partial charge >= 0.3 is 0 Å². The van der Waals surface area contributed by atoms with Crippen molar-refractivity contribution in [2.45, 2.75) is 49.8 Å². The highest BCUT2D eigenvalue weighted by Gasteiger charge is 2.35. The zero-order valence-corrected chi connectivity index (χ0v) is 17.6. The van der Waals surface area contributed by atoms with Crippen LogP contribution in [0.1, 0.15) is 49.0 Å². The first-order chi connectivity index (χ1) is 13.9. The Bertz CT molecular complexity index is 987. The van der Waals surface area contributed by atoms with Crippen LogP contribution in [0.5, 0.6) is 0 Å². The van der Waals surface area contributed by atoms with Crippen LogP contribution < -0.4 is 4.72 Å². The summed E-state index contributed by atoms with van der Waals surface area (Å²) in [5.41, 5.74) is 0.798. The van der Waals surface area contributed by atoms with Crippen molar-refractivity contribution in [2.24, 2.45) is 0 Å². The number of carbonyl (C=O) groups is 1. The van der Waals surface area contributed by atoms with E-state index in [9.17, 15) is 13.2 Å². The van der Waals surface area contributed by atoms with Crippen molar-refractivity contribution < 1.29 is 13.2 Å². The molecule has 1 saturated heterocycles. The molecule has 1 aromatic heterocycles. The van der Waals surface area contributed by atoms with Crippen LogP contribution in [0.3, 0.4) is 0 Å². The Morgan fingerprint density at radius 3 is 2.66 bits per heavy atom. The third-order valence-electron chi connectivity index (χ3n) is 5.60. The van der Waals surface area contributed by atoms with Gasteiger partial charge in [0.15, 0.2) is 5.69 Å². The van der Waals surface area contributed by atoms with Gasteiger partial charge in [0.05, 0.1) is 22.2 Å². The molecule has 4 rings (SSSR count). The molecule has 0 bridgehead atoms. The monoisotopic (exact) mass is 437 g/mol. The number of likely N-dealkylation sites (tertiary alicyclic amines) is 1. The molecular formula is C19H24ClN5O3S. The number of amides is 1. The third kappa shape index (κ3) is 4.46. The first-order valence-corrected chi connectivity index (χ1v) is 11.8. The molecule has 1 aliphatic heterocycles. The number of sulfonamides is 1. The molecule has 2 aromatic rings. The smallest absolute Gasteiger partial charge is 0.276 e. The summed E-state index contributed by atoms with van der Waals surface area (Å²) in [7, 11) is -3.46. The number of hydrogen-bond donors (Lipinski definition) is 1. The molecule has 1 aliphatic carbocycles. The number of carbonyl (C=O) groups excluding carboxylic acids is 1. The van der Waals surface area contributed by atoms with Crippen LogP contribution in [0.2, 0.25) is 5.02 Å². The van der Waals surface area contributed by atoms with Crippen LogP contribution in [0.15, 0.2) is 30.5 Å². The summed E-state index contributed by atoms with van der Waals surface area (Å²) in [4.78, 5) is 14.5. The Labute approximate surface area is 175 Å². The van der Waals surface area contributed by atoms with E-state index in [0.29, 0.717) is 30.1 Å². The Morgan fingerprint density at radius 1 is 1.14 bits per heavy atom. The number of benzene rings is 1. The van der Waals surface area contributed by atoms with E-state index in [1.807, 2.05) is 12.1 Å². The minimum absolute atomic E-state index is 0.0293. The van der Waals surface area contributed by atoms with Crippen LogP contribution in [-0.2, 0) is 10.0 Å². The molecule has 1 saturated carbocycles. The number of piperidine rings is 1. The van der Waals surface area contributed by atoms with Crippen molar-refractivity contribution in [3.63, 3.8) is 0 Å². The van der Waals surface area contributed by atoms with Gasteiger partial charge < -0.3 is 4.90 Å². The zero-order chi connectivity index (χ0) is 20.4. The molecule has 1 aromatic carbocycles. The van der Waals surface area contributed by atoms with E-state index < -0.39 is 15.3 Å². The van der Waals surface area contributed by atoms with Gasteiger partial charge in [0.1, 0.15) is 0 Å². The van der Waals surface area contributed by atoms with E-state index in [1.54, 1.807) is 17.0 Å². The first kappa shape index (κ1) is 20.3. The quantitative estimate of drug-likeness (QED) is 0.774. The van der Waals surface area contributed by atoms with E-state index in [0.717, 1.165) is 25.7 Å². The maximum Gasteiger partial charge on any atom is 0.276 e. The maximum atomic E-state index is 12.9. The number of nitrogens with zero attached hydrogens (tertiary/aromatic N) is 4. The van der Waals surface area contributed by atoms with E-state index >= 15 is 0 Å². The fourth-order valence-electron chi connectivity index (χ4n) is 4.03. The van der Waals surface area contributed by atoms with Crippen LogP contribution in [0, 0.1) is 0 Å². The number of aromatic nitrogens is 3. The molecule has 1 amide bonds. The van der Waals surface area contributed by atoms with Crippen LogP contribution in [-0.4, -0.2) is 58.6 Å². The standard InChI is InChI=1S/C19H24ClN5O3S/c20-16-9-3-4-10-18(16)25-13-17(21-23-25)19(26)24-11-5-8-15(12-24)29(27,28)22-14-6-1-2-7-14/h3-4,9-10,13-15,22H,1-2,5-8,11-12H2. The second kappa shape index (κ2) is 8.41. The largest absolute Gasteiger partial charge is 0.336 e. The number of hydrogen-bond acceptors (Lipinski definition) is 5. The van der Waals surface area contributed by atoms with Crippen molar-refractivity contribution in [1.82, 2.24) is 24.6 Å². The highest BCUT2D eigenvalue weighted by atomic mass is 35.5. The Hall–Kier alpha value is -1.97. The van der Waals surface area contributed by atoms with Gasteiger partial charge in [-0.15, -0.1) is 5.10 Å². The van der Waals surface area contributed by atoms with Gasteiger partial charge in [0.25, 0.3) is 5.91 Å². The van der Waals surface area contributed by atoms with Crippen LogP contribution >= 0.6 is 11.6 Å². The van der Waals surface area contributed by atoms with Gasteiger partial charge in [-0.05, 0) is 37.8 Å². The second-order valence-electron chi connectivity index (χ2n) is 7.66. The second-order valence-corrected chi connectivity index (χ2v) is 10.1. The molecule has 0 spiro atoms. The lowest BCUT2D eigenvalue weighted by molar-refractivity contribution is 0.0720. The van der Waals surface area contributed by atoms with Gasteiger partial charge in [-0.1, -0.05) is 41.8 Å². The van der Waals surface area contributed by atoms with Crippen LogP contribution in [0.4, 0.5) is 0 Å². The summed E-state index contributed by atoms with van der Waals surface area (Å²) in [6.45, 7) is 0.674. The number of nitrogens with one attached hydrogen (secondary N) is 1. The van der Waals surface area contributed by atoms with Gasteiger partial charge in [-0.3, -0.25) is 4.79 Å². The fourth-order valence-corrected chi connectivity index (χ4v) is 6.00. The first-order valence-electron chi connectivity index (χ1n) is 9.92.